The van der Waals surface area contributed by atoms with Crippen molar-refractivity contribution in [1.29, 1.82) is 0 Å². The SMILES string of the molecule is CCOC(=O)c1ccc(OC2CCN(C(=O)OC(C)(C)C)CC2)c(N)c1. The molecule has 1 saturated heterocycles. The van der Waals surface area contributed by atoms with E-state index in [2.05, 4.69) is 0 Å². The number of piperidine rings is 1. The summed E-state index contributed by atoms with van der Waals surface area (Å²) in [5.41, 5.74) is 6.29. The average molecular weight is 364 g/mol. The summed E-state index contributed by atoms with van der Waals surface area (Å²) >= 11 is 0. The molecule has 1 aromatic carbocycles. The van der Waals surface area contributed by atoms with Crippen LogP contribution in [0.3, 0.4) is 0 Å². The maximum Gasteiger partial charge on any atom is 0.410 e. The van der Waals surface area contributed by atoms with E-state index < -0.39 is 11.6 Å². The van der Waals surface area contributed by atoms with Crippen LogP contribution in [-0.2, 0) is 9.47 Å². The van der Waals surface area contributed by atoms with Gasteiger partial charge in [0, 0.05) is 25.9 Å². The van der Waals surface area contributed by atoms with Gasteiger partial charge >= 0.3 is 12.1 Å². The number of nitrogen functional groups attached to an aromatic ring is 1. The zero-order chi connectivity index (χ0) is 19.3. The topological polar surface area (TPSA) is 91.1 Å². The van der Waals surface area contributed by atoms with Gasteiger partial charge < -0.3 is 24.8 Å². The van der Waals surface area contributed by atoms with Crippen molar-refractivity contribution >= 4 is 17.7 Å². The molecule has 0 unspecified atom stereocenters. The highest BCUT2D eigenvalue weighted by Crippen LogP contribution is 2.27. The van der Waals surface area contributed by atoms with Gasteiger partial charge in [0.15, 0.2) is 0 Å². The summed E-state index contributed by atoms with van der Waals surface area (Å²) in [6, 6.07) is 4.88. The summed E-state index contributed by atoms with van der Waals surface area (Å²) in [4.78, 5) is 25.5. The van der Waals surface area contributed by atoms with Crippen molar-refractivity contribution in [2.24, 2.45) is 0 Å². The first-order chi connectivity index (χ1) is 12.2. The Kier molecular flexibility index (Phi) is 6.34. The third kappa shape index (κ3) is 5.54. The largest absolute Gasteiger partial charge is 0.488 e. The second-order valence-electron chi connectivity index (χ2n) is 7.26. The highest BCUT2D eigenvalue weighted by Gasteiger charge is 2.28. The number of likely N-dealkylation sites (tertiary alicyclic amines) is 1. The van der Waals surface area contributed by atoms with Crippen molar-refractivity contribution in [3.05, 3.63) is 23.8 Å². The Morgan fingerprint density at radius 1 is 1.23 bits per heavy atom. The van der Waals surface area contributed by atoms with E-state index in [4.69, 9.17) is 19.9 Å². The summed E-state index contributed by atoms with van der Waals surface area (Å²) in [5.74, 6) is 0.130. The van der Waals surface area contributed by atoms with E-state index in [0.29, 0.717) is 49.5 Å². The van der Waals surface area contributed by atoms with Crippen molar-refractivity contribution in [1.82, 2.24) is 4.90 Å². The fraction of sp³-hybridized carbons (Fsp3) is 0.579. The molecule has 1 aromatic rings. The standard InChI is InChI=1S/C19H28N2O5/c1-5-24-17(22)13-6-7-16(15(20)12-13)25-14-8-10-21(11-9-14)18(23)26-19(2,3)4/h6-7,12,14H,5,8-11,20H2,1-4H3. The number of anilines is 1. The predicted octanol–water partition coefficient (Wildman–Crippen LogP) is 3.22. The minimum atomic E-state index is -0.500. The molecule has 0 aromatic heterocycles. The van der Waals surface area contributed by atoms with Gasteiger partial charge in [0.25, 0.3) is 0 Å². The number of amides is 1. The number of rotatable bonds is 4. The molecular weight excluding hydrogens is 336 g/mol. The van der Waals surface area contributed by atoms with Crippen LogP contribution in [0.4, 0.5) is 10.5 Å². The number of ether oxygens (including phenoxy) is 3. The Hall–Kier alpha value is -2.44. The van der Waals surface area contributed by atoms with Crippen LogP contribution in [0.15, 0.2) is 18.2 Å². The van der Waals surface area contributed by atoms with E-state index >= 15 is 0 Å². The monoisotopic (exact) mass is 364 g/mol. The van der Waals surface area contributed by atoms with E-state index in [0.717, 1.165) is 0 Å². The highest BCUT2D eigenvalue weighted by molar-refractivity contribution is 5.91. The van der Waals surface area contributed by atoms with Gasteiger partial charge in [0.2, 0.25) is 0 Å². The number of hydrogen-bond acceptors (Lipinski definition) is 6. The predicted molar refractivity (Wildman–Crippen MR) is 98.3 cm³/mol. The molecule has 0 aliphatic carbocycles. The van der Waals surface area contributed by atoms with E-state index in [-0.39, 0.29) is 12.2 Å². The molecule has 1 fully saturated rings. The van der Waals surface area contributed by atoms with Crippen molar-refractivity contribution < 1.29 is 23.8 Å². The lowest BCUT2D eigenvalue weighted by Crippen LogP contribution is -2.44. The van der Waals surface area contributed by atoms with Crippen LogP contribution in [-0.4, -0.2) is 48.4 Å². The van der Waals surface area contributed by atoms with Crippen molar-refractivity contribution in [2.75, 3.05) is 25.4 Å². The van der Waals surface area contributed by atoms with E-state index in [1.165, 1.54) is 0 Å². The number of benzene rings is 1. The highest BCUT2D eigenvalue weighted by atomic mass is 16.6. The van der Waals surface area contributed by atoms with E-state index in [1.807, 2.05) is 20.8 Å². The normalized spacial score (nSPS) is 15.5. The molecule has 0 spiro atoms. The van der Waals surface area contributed by atoms with E-state index in [1.54, 1.807) is 30.0 Å². The molecule has 7 nitrogen and oxygen atoms in total. The number of carbonyl (C=O) groups is 2. The maximum atomic E-state index is 12.1. The molecule has 2 rings (SSSR count). The van der Waals surface area contributed by atoms with Crippen LogP contribution < -0.4 is 10.5 Å². The fourth-order valence-corrected chi connectivity index (χ4v) is 2.66. The zero-order valence-corrected chi connectivity index (χ0v) is 15.9. The summed E-state index contributed by atoms with van der Waals surface area (Å²) in [6.07, 6.45) is 1.05. The Balaban J connectivity index is 1.89. The Bertz CT molecular complexity index is 646. The van der Waals surface area contributed by atoms with Crippen LogP contribution in [0, 0.1) is 0 Å². The number of hydrogen-bond donors (Lipinski definition) is 1. The summed E-state index contributed by atoms with van der Waals surface area (Å²) in [6.45, 7) is 8.76. The lowest BCUT2D eigenvalue weighted by molar-refractivity contribution is 0.0127. The van der Waals surface area contributed by atoms with Gasteiger partial charge in [-0.3, -0.25) is 0 Å². The summed E-state index contributed by atoms with van der Waals surface area (Å²) < 4.78 is 16.3. The minimum Gasteiger partial charge on any atom is -0.488 e. The molecular formula is C19H28N2O5. The Morgan fingerprint density at radius 3 is 2.42 bits per heavy atom. The first-order valence-corrected chi connectivity index (χ1v) is 8.91. The smallest absolute Gasteiger partial charge is 0.410 e. The third-order valence-corrected chi connectivity index (χ3v) is 3.91. The summed E-state index contributed by atoms with van der Waals surface area (Å²) in [7, 11) is 0. The van der Waals surface area contributed by atoms with Crippen molar-refractivity contribution in [3.8, 4) is 5.75 Å². The number of carbonyl (C=O) groups excluding carboxylic acids is 2. The molecule has 0 atom stereocenters. The van der Waals surface area contributed by atoms with Gasteiger partial charge in [0.1, 0.15) is 17.5 Å². The van der Waals surface area contributed by atoms with Gasteiger partial charge in [0.05, 0.1) is 17.9 Å². The van der Waals surface area contributed by atoms with Crippen LogP contribution in [0.25, 0.3) is 0 Å². The third-order valence-electron chi connectivity index (χ3n) is 3.91. The molecule has 26 heavy (non-hydrogen) atoms. The van der Waals surface area contributed by atoms with Crippen LogP contribution in [0.1, 0.15) is 50.9 Å². The molecule has 0 bridgehead atoms. The summed E-state index contributed by atoms with van der Waals surface area (Å²) in [5, 5.41) is 0. The molecule has 144 valence electrons. The first kappa shape index (κ1) is 19.9. The molecule has 0 saturated carbocycles. The zero-order valence-electron chi connectivity index (χ0n) is 15.9. The van der Waals surface area contributed by atoms with Gasteiger partial charge in [-0.2, -0.15) is 0 Å². The molecule has 2 N–H and O–H groups in total. The molecule has 1 aliphatic heterocycles. The average Bonchev–Trinajstić information content (AvgIpc) is 2.56. The number of nitrogens with two attached hydrogens (primary N) is 1. The molecule has 1 heterocycles. The lowest BCUT2D eigenvalue weighted by atomic mass is 10.1. The molecule has 0 radical (unpaired) electrons. The number of esters is 1. The Labute approximate surface area is 154 Å². The van der Waals surface area contributed by atoms with Crippen LogP contribution >= 0.6 is 0 Å². The lowest BCUT2D eigenvalue weighted by Gasteiger charge is -2.33. The second kappa shape index (κ2) is 8.29. The van der Waals surface area contributed by atoms with Gasteiger partial charge in [-0.15, -0.1) is 0 Å². The van der Waals surface area contributed by atoms with Gasteiger partial charge in [-0.1, -0.05) is 0 Å². The maximum absolute atomic E-state index is 12.1. The van der Waals surface area contributed by atoms with Crippen LogP contribution in [0.5, 0.6) is 5.75 Å². The molecule has 7 heteroatoms. The number of nitrogens with zero attached hydrogens (tertiary/aromatic N) is 1. The van der Waals surface area contributed by atoms with Crippen LogP contribution in [0.2, 0.25) is 0 Å². The quantitative estimate of drug-likeness (QED) is 0.651. The second-order valence-corrected chi connectivity index (χ2v) is 7.26. The van der Waals surface area contributed by atoms with Gasteiger partial charge in [-0.25, -0.2) is 9.59 Å². The Morgan fingerprint density at radius 2 is 1.88 bits per heavy atom. The fourth-order valence-electron chi connectivity index (χ4n) is 2.66. The molecule has 1 amide bonds. The minimum absolute atomic E-state index is 0.0376. The van der Waals surface area contributed by atoms with E-state index in [9.17, 15) is 9.59 Å². The van der Waals surface area contributed by atoms with Crippen molar-refractivity contribution in [3.63, 3.8) is 0 Å². The van der Waals surface area contributed by atoms with Gasteiger partial charge in [-0.05, 0) is 45.9 Å². The van der Waals surface area contributed by atoms with Crippen molar-refractivity contribution in [2.45, 2.75) is 52.2 Å². The molecule has 1 aliphatic rings. The first-order valence-electron chi connectivity index (χ1n) is 8.91.